The lowest BCUT2D eigenvalue weighted by Crippen LogP contribution is -2.25. The quantitative estimate of drug-likeness (QED) is 0.578. The van der Waals surface area contributed by atoms with Crippen LogP contribution >= 0.6 is 0 Å². The number of hydrogen-bond donors (Lipinski definition) is 1. The van der Waals surface area contributed by atoms with Gasteiger partial charge in [0.05, 0.1) is 25.0 Å². The second-order valence-electron chi connectivity index (χ2n) is 8.16. The molecular formula is C25H28N6O2. The van der Waals surface area contributed by atoms with Crippen LogP contribution in [0.25, 0.3) is 0 Å². The lowest BCUT2D eigenvalue weighted by molar-refractivity contribution is -0.132. The minimum atomic E-state index is -0.223. The van der Waals surface area contributed by atoms with Crippen LogP contribution in [0.1, 0.15) is 30.4 Å². The zero-order chi connectivity index (χ0) is 23.2. The molecule has 0 bridgehead atoms. The van der Waals surface area contributed by atoms with Crippen molar-refractivity contribution in [1.29, 1.82) is 0 Å². The number of aromatic nitrogens is 2. The van der Waals surface area contributed by atoms with E-state index in [4.69, 9.17) is 0 Å². The molecule has 0 unspecified atom stereocenters. The van der Waals surface area contributed by atoms with Crippen molar-refractivity contribution in [2.75, 3.05) is 30.9 Å². The Morgan fingerprint density at radius 3 is 2.48 bits per heavy atom. The van der Waals surface area contributed by atoms with Gasteiger partial charge in [0.15, 0.2) is 0 Å². The summed E-state index contributed by atoms with van der Waals surface area (Å²) in [5.74, 6) is 0.236. The normalized spacial score (nSPS) is 13.0. The summed E-state index contributed by atoms with van der Waals surface area (Å²) in [7, 11) is 4.00. The molecule has 2 amide bonds. The van der Waals surface area contributed by atoms with Gasteiger partial charge in [0.25, 0.3) is 0 Å². The van der Waals surface area contributed by atoms with Crippen LogP contribution in [0.15, 0.2) is 72.0 Å². The molecule has 170 valence electrons. The van der Waals surface area contributed by atoms with Crippen molar-refractivity contribution in [3.05, 3.63) is 78.0 Å². The van der Waals surface area contributed by atoms with Gasteiger partial charge in [-0.25, -0.2) is 9.69 Å². The highest BCUT2D eigenvalue weighted by Crippen LogP contribution is 2.17. The van der Waals surface area contributed by atoms with Gasteiger partial charge in [-0.2, -0.15) is 10.2 Å². The van der Waals surface area contributed by atoms with Crippen LogP contribution in [0.5, 0.6) is 0 Å². The highest BCUT2D eigenvalue weighted by Gasteiger charge is 2.22. The molecule has 8 nitrogen and oxygen atoms in total. The molecule has 0 radical (unpaired) electrons. The van der Waals surface area contributed by atoms with Crippen molar-refractivity contribution in [3.63, 3.8) is 0 Å². The summed E-state index contributed by atoms with van der Waals surface area (Å²) in [5, 5.41) is 13.1. The van der Waals surface area contributed by atoms with E-state index < -0.39 is 0 Å². The maximum absolute atomic E-state index is 12.5. The molecule has 2 heterocycles. The van der Waals surface area contributed by atoms with Crippen molar-refractivity contribution >= 4 is 29.0 Å². The first-order valence-electron chi connectivity index (χ1n) is 11.0. The third kappa shape index (κ3) is 5.65. The van der Waals surface area contributed by atoms with Crippen LogP contribution in [0.2, 0.25) is 0 Å². The van der Waals surface area contributed by atoms with Gasteiger partial charge in [-0.1, -0.05) is 42.5 Å². The molecule has 0 saturated carbocycles. The third-order valence-electron chi connectivity index (χ3n) is 5.53. The number of rotatable bonds is 8. The highest BCUT2D eigenvalue weighted by molar-refractivity contribution is 6.02. The first-order chi connectivity index (χ1) is 16.0. The maximum Gasteiger partial charge on any atom is 0.243 e. The SMILES string of the molecule is CN(C)c1ccc(Cn2nccc2NC(=O)CCC(=O)N2CCC(c3ccccc3)=N2)cc1. The molecule has 8 heteroatoms. The van der Waals surface area contributed by atoms with Gasteiger partial charge < -0.3 is 10.2 Å². The molecule has 3 aromatic rings. The van der Waals surface area contributed by atoms with Crippen molar-refractivity contribution < 1.29 is 9.59 Å². The van der Waals surface area contributed by atoms with E-state index in [0.717, 1.165) is 28.9 Å². The Bertz CT molecular complexity index is 1140. The molecule has 0 fully saturated rings. The number of nitrogens with zero attached hydrogens (tertiary/aromatic N) is 5. The monoisotopic (exact) mass is 444 g/mol. The van der Waals surface area contributed by atoms with Gasteiger partial charge in [-0.05, 0) is 23.3 Å². The number of anilines is 2. The standard InChI is InChI=1S/C25H28N6O2/c1-29(2)21-10-8-19(9-11-21)18-31-23(14-16-26-31)27-24(32)12-13-25(33)30-17-15-22(28-30)20-6-4-3-5-7-20/h3-11,14,16H,12-13,15,17-18H2,1-2H3,(H,27,32). The fraction of sp³-hybridized carbons (Fsp3) is 0.280. The van der Waals surface area contributed by atoms with Crippen LogP contribution in [-0.2, 0) is 16.1 Å². The first kappa shape index (κ1) is 22.3. The summed E-state index contributed by atoms with van der Waals surface area (Å²) >= 11 is 0. The molecular weight excluding hydrogens is 416 g/mol. The van der Waals surface area contributed by atoms with Gasteiger partial charge in [-0.15, -0.1) is 0 Å². The smallest absolute Gasteiger partial charge is 0.243 e. The van der Waals surface area contributed by atoms with Crippen LogP contribution in [0.4, 0.5) is 11.5 Å². The van der Waals surface area contributed by atoms with Crippen molar-refractivity contribution in [3.8, 4) is 0 Å². The fourth-order valence-corrected chi connectivity index (χ4v) is 3.66. The van der Waals surface area contributed by atoms with E-state index in [2.05, 4.69) is 15.5 Å². The van der Waals surface area contributed by atoms with E-state index in [1.807, 2.05) is 73.6 Å². The molecule has 1 N–H and O–H groups in total. The number of nitrogens with one attached hydrogen (secondary N) is 1. The van der Waals surface area contributed by atoms with Crippen LogP contribution in [-0.4, -0.2) is 53.0 Å². The molecule has 1 aromatic heterocycles. The minimum absolute atomic E-state index is 0.0915. The van der Waals surface area contributed by atoms with E-state index in [-0.39, 0.29) is 24.7 Å². The van der Waals surface area contributed by atoms with E-state index in [1.165, 1.54) is 5.01 Å². The third-order valence-corrected chi connectivity index (χ3v) is 5.53. The zero-order valence-corrected chi connectivity index (χ0v) is 18.9. The number of hydrogen-bond acceptors (Lipinski definition) is 5. The predicted molar refractivity (Wildman–Crippen MR) is 129 cm³/mol. The zero-order valence-electron chi connectivity index (χ0n) is 18.9. The van der Waals surface area contributed by atoms with E-state index >= 15 is 0 Å². The first-order valence-corrected chi connectivity index (χ1v) is 11.0. The lowest BCUT2D eigenvalue weighted by atomic mass is 10.1. The Kier molecular flexibility index (Phi) is 6.83. The molecule has 2 aromatic carbocycles. The van der Waals surface area contributed by atoms with Gasteiger partial charge in [-0.3, -0.25) is 9.59 Å². The Morgan fingerprint density at radius 1 is 1.00 bits per heavy atom. The number of benzene rings is 2. The molecule has 0 spiro atoms. The number of carbonyl (C=O) groups is 2. The summed E-state index contributed by atoms with van der Waals surface area (Å²) < 4.78 is 1.74. The van der Waals surface area contributed by atoms with Crippen LogP contribution in [0, 0.1) is 0 Å². The van der Waals surface area contributed by atoms with E-state index in [1.54, 1.807) is 16.9 Å². The summed E-state index contributed by atoms with van der Waals surface area (Å²) in [6, 6.07) is 19.8. The van der Waals surface area contributed by atoms with Gasteiger partial charge >= 0.3 is 0 Å². The van der Waals surface area contributed by atoms with E-state index in [0.29, 0.717) is 18.9 Å². The van der Waals surface area contributed by atoms with Gasteiger partial charge in [0.2, 0.25) is 11.8 Å². The lowest BCUT2D eigenvalue weighted by Gasteiger charge is -2.14. The molecule has 1 aliphatic heterocycles. The number of carbonyl (C=O) groups excluding carboxylic acids is 2. The minimum Gasteiger partial charge on any atom is -0.378 e. The number of amides is 2. The van der Waals surface area contributed by atoms with Gasteiger partial charge in [0, 0.05) is 45.1 Å². The average Bonchev–Trinajstić information content (AvgIpc) is 3.49. The maximum atomic E-state index is 12.5. The van der Waals surface area contributed by atoms with Crippen molar-refractivity contribution in [1.82, 2.24) is 14.8 Å². The molecule has 0 saturated heterocycles. The predicted octanol–water partition coefficient (Wildman–Crippen LogP) is 3.35. The van der Waals surface area contributed by atoms with Crippen LogP contribution in [0.3, 0.4) is 0 Å². The summed E-state index contributed by atoms with van der Waals surface area (Å²) in [5.41, 5.74) is 4.12. The Morgan fingerprint density at radius 2 is 1.76 bits per heavy atom. The topological polar surface area (TPSA) is 82.8 Å². The Hall–Kier alpha value is -3.94. The fourth-order valence-electron chi connectivity index (χ4n) is 3.66. The summed E-state index contributed by atoms with van der Waals surface area (Å²) in [4.78, 5) is 27.0. The average molecular weight is 445 g/mol. The molecule has 0 aliphatic carbocycles. The second-order valence-corrected chi connectivity index (χ2v) is 8.16. The summed E-state index contributed by atoms with van der Waals surface area (Å²) in [6.45, 7) is 1.09. The van der Waals surface area contributed by atoms with Crippen molar-refractivity contribution in [2.24, 2.45) is 5.10 Å². The highest BCUT2D eigenvalue weighted by atomic mass is 16.2. The molecule has 4 rings (SSSR count). The number of hydrazone groups is 1. The van der Waals surface area contributed by atoms with Crippen LogP contribution < -0.4 is 10.2 Å². The Balaban J connectivity index is 1.29. The van der Waals surface area contributed by atoms with Gasteiger partial charge in [0.1, 0.15) is 5.82 Å². The van der Waals surface area contributed by atoms with E-state index in [9.17, 15) is 9.59 Å². The molecule has 33 heavy (non-hydrogen) atoms. The Labute approximate surface area is 193 Å². The largest absolute Gasteiger partial charge is 0.378 e. The molecule has 1 aliphatic rings. The van der Waals surface area contributed by atoms with Crippen molar-refractivity contribution in [2.45, 2.75) is 25.8 Å². The second kappa shape index (κ2) is 10.1. The summed E-state index contributed by atoms with van der Waals surface area (Å²) in [6.07, 6.45) is 2.57. The molecule has 0 atom stereocenters.